The molecule has 0 fully saturated rings. The van der Waals surface area contributed by atoms with E-state index in [0.717, 1.165) is 15.9 Å². The molecule has 0 saturated heterocycles. The SMILES string of the molecule is OC1COc2ccc(Br)cc2N1. The fraction of sp³-hybridized carbons (Fsp3) is 0.250. The largest absolute Gasteiger partial charge is 0.487 e. The van der Waals surface area contributed by atoms with Crippen molar-refractivity contribution in [1.29, 1.82) is 0 Å². The molecule has 0 aliphatic carbocycles. The summed E-state index contributed by atoms with van der Waals surface area (Å²) in [5.41, 5.74) is 0.822. The van der Waals surface area contributed by atoms with Crippen molar-refractivity contribution >= 4 is 21.6 Å². The maximum Gasteiger partial charge on any atom is 0.159 e. The first-order valence-corrected chi connectivity index (χ1v) is 4.42. The molecule has 1 heterocycles. The van der Waals surface area contributed by atoms with Gasteiger partial charge in [-0.25, -0.2) is 0 Å². The average Bonchev–Trinajstić information content (AvgIpc) is 2.03. The third-order valence-corrected chi connectivity index (χ3v) is 2.15. The van der Waals surface area contributed by atoms with Crippen molar-refractivity contribution in [1.82, 2.24) is 0 Å². The molecule has 0 spiro atoms. The van der Waals surface area contributed by atoms with Crippen molar-refractivity contribution < 1.29 is 9.84 Å². The van der Waals surface area contributed by atoms with E-state index in [2.05, 4.69) is 21.2 Å². The number of aliphatic hydroxyl groups is 1. The van der Waals surface area contributed by atoms with Crippen LogP contribution in [0.2, 0.25) is 0 Å². The van der Waals surface area contributed by atoms with Gasteiger partial charge < -0.3 is 15.2 Å². The summed E-state index contributed by atoms with van der Waals surface area (Å²) >= 11 is 3.33. The summed E-state index contributed by atoms with van der Waals surface area (Å²) in [5.74, 6) is 0.781. The van der Waals surface area contributed by atoms with Crippen molar-refractivity contribution in [3.8, 4) is 5.75 Å². The fourth-order valence-electron chi connectivity index (χ4n) is 1.13. The minimum atomic E-state index is -0.605. The number of benzene rings is 1. The van der Waals surface area contributed by atoms with Crippen molar-refractivity contribution in [2.75, 3.05) is 11.9 Å². The van der Waals surface area contributed by atoms with Crippen LogP contribution >= 0.6 is 15.9 Å². The smallest absolute Gasteiger partial charge is 0.159 e. The maximum atomic E-state index is 9.20. The Kier molecular flexibility index (Phi) is 1.94. The van der Waals surface area contributed by atoms with Gasteiger partial charge in [-0.2, -0.15) is 0 Å². The van der Waals surface area contributed by atoms with Crippen LogP contribution in [0.4, 0.5) is 5.69 Å². The van der Waals surface area contributed by atoms with E-state index in [4.69, 9.17) is 4.74 Å². The number of hydrogen-bond acceptors (Lipinski definition) is 3. The lowest BCUT2D eigenvalue weighted by Gasteiger charge is -2.23. The number of nitrogens with one attached hydrogen (secondary N) is 1. The Morgan fingerprint density at radius 2 is 2.42 bits per heavy atom. The van der Waals surface area contributed by atoms with Crippen LogP contribution in [0.1, 0.15) is 0 Å². The quantitative estimate of drug-likeness (QED) is 0.710. The van der Waals surface area contributed by atoms with Crippen molar-refractivity contribution in [3.05, 3.63) is 22.7 Å². The first-order chi connectivity index (χ1) is 5.75. The molecule has 0 saturated carbocycles. The van der Waals surface area contributed by atoms with Gasteiger partial charge in [0.05, 0.1) is 5.69 Å². The van der Waals surface area contributed by atoms with E-state index < -0.39 is 6.23 Å². The minimum Gasteiger partial charge on any atom is -0.487 e. The molecular weight excluding hydrogens is 222 g/mol. The Balaban J connectivity index is 2.37. The highest BCUT2D eigenvalue weighted by atomic mass is 79.9. The van der Waals surface area contributed by atoms with Gasteiger partial charge in [0.2, 0.25) is 0 Å². The molecule has 0 aromatic heterocycles. The number of ether oxygens (including phenoxy) is 1. The van der Waals surface area contributed by atoms with Crippen LogP contribution in [-0.2, 0) is 0 Å². The predicted molar refractivity (Wildman–Crippen MR) is 49.3 cm³/mol. The highest BCUT2D eigenvalue weighted by molar-refractivity contribution is 9.10. The van der Waals surface area contributed by atoms with Crippen LogP contribution in [0.5, 0.6) is 5.75 Å². The Morgan fingerprint density at radius 1 is 1.58 bits per heavy atom. The average molecular weight is 230 g/mol. The van der Waals surface area contributed by atoms with E-state index in [1.54, 1.807) is 0 Å². The molecule has 0 radical (unpaired) electrons. The molecule has 3 nitrogen and oxygen atoms in total. The normalized spacial score (nSPS) is 20.7. The summed E-state index contributed by atoms with van der Waals surface area (Å²) in [4.78, 5) is 0. The monoisotopic (exact) mass is 229 g/mol. The maximum absolute atomic E-state index is 9.20. The molecule has 1 atom stereocenters. The second kappa shape index (κ2) is 2.95. The molecule has 2 N–H and O–H groups in total. The summed E-state index contributed by atoms with van der Waals surface area (Å²) in [5, 5.41) is 12.1. The van der Waals surface area contributed by atoms with Crippen LogP contribution in [0.3, 0.4) is 0 Å². The van der Waals surface area contributed by atoms with Gasteiger partial charge in [0.25, 0.3) is 0 Å². The van der Waals surface area contributed by atoms with Crippen LogP contribution in [0.15, 0.2) is 22.7 Å². The summed E-state index contributed by atoms with van der Waals surface area (Å²) in [6.45, 7) is 0.300. The molecule has 0 amide bonds. The molecular formula is C8H8BrNO2. The zero-order valence-corrected chi connectivity index (χ0v) is 7.84. The van der Waals surface area contributed by atoms with Gasteiger partial charge in [-0.1, -0.05) is 15.9 Å². The first-order valence-electron chi connectivity index (χ1n) is 3.62. The van der Waals surface area contributed by atoms with Crippen LogP contribution in [-0.4, -0.2) is 17.9 Å². The lowest BCUT2D eigenvalue weighted by atomic mass is 10.2. The number of anilines is 1. The second-order valence-corrected chi connectivity index (χ2v) is 3.53. The number of fused-ring (bicyclic) bond motifs is 1. The Hall–Kier alpha value is -0.740. The van der Waals surface area contributed by atoms with Gasteiger partial charge in [0, 0.05) is 4.47 Å². The molecule has 1 aromatic rings. The standard InChI is InChI=1S/C8H8BrNO2/c9-5-1-2-7-6(3-5)10-8(11)4-12-7/h1-3,8,10-11H,4H2. The van der Waals surface area contributed by atoms with Gasteiger partial charge in [0.15, 0.2) is 6.23 Å². The lowest BCUT2D eigenvalue weighted by Crippen LogP contribution is -2.30. The molecule has 2 rings (SSSR count). The number of rotatable bonds is 0. The number of halogens is 1. The first kappa shape index (κ1) is 7.89. The van der Waals surface area contributed by atoms with E-state index in [0.29, 0.717) is 6.61 Å². The van der Waals surface area contributed by atoms with E-state index in [1.165, 1.54) is 0 Å². The van der Waals surface area contributed by atoms with Crippen LogP contribution in [0.25, 0.3) is 0 Å². The second-order valence-electron chi connectivity index (χ2n) is 2.61. The van der Waals surface area contributed by atoms with Crippen molar-refractivity contribution in [2.24, 2.45) is 0 Å². The molecule has 1 aliphatic rings. The molecule has 1 unspecified atom stereocenters. The van der Waals surface area contributed by atoms with Gasteiger partial charge in [0.1, 0.15) is 12.4 Å². The van der Waals surface area contributed by atoms with Gasteiger partial charge in [-0.3, -0.25) is 0 Å². The summed E-state index contributed by atoms with van der Waals surface area (Å²) in [6.07, 6.45) is -0.605. The molecule has 1 aliphatic heterocycles. The Bertz CT molecular complexity index is 303. The van der Waals surface area contributed by atoms with E-state index >= 15 is 0 Å². The molecule has 1 aromatic carbocycles. The molecule has 12 heavy (non-hydrogen) atoms. The fourth-order valence-corrected chi connectivity index (χ4v) is 1.49. The van der Waals surface area contributed by atoms with E-state index in [-0.39, 0.29) is 0 Å². The number of aliphatic hydroxyl groups excluding tert-OH is 1. The Labute approximate surface area is 78.5 Å². The van der Waals surface area contributed by atoms with E-state index in [1.807, 2.05) is 18.2 Å². The molecule has 64 valence electrons. The van der Waals surface area contributed by atoms with Gasteiger partial charge in [-0.15, -0.1) is 0 Å². The third kappa shape index (κ3) is 1.40. The third-order valence-electron chi connectivity index (χ3n) is 1.66. The van der Waals surface area contributed by atoms with E-state index in [9.17, 15) is 5.11 Å². The topological polar surface area (TPSA) is 41.5 Å². The predicted octanol–water partition coefficient (Wildman–Crippen LogP) is 1.57. The summed E-state index contributed by atoms with van der Waals surface area (Å²) in [7, 11) is 0. The molecule has 0 bridgehead atoms. The Morgan fingerprint density at radius 3 is 3.25 bits per heavy atom. The summed E-state index contributed by atoms with van der Waals surface area (Å²) in [6, 6.07) is 5.63. The summed E-state index contributed by atoms with van der Waals surface area (Å²) < 4.78 is 6.22. The minimum absolute atomic E-state index is 0.300. The highest BCUT2D eigenvalue weighted by Gasteiger charge is 2.15. The van der Waals surface area contributed by atoms with Gasteiger partial charge >= 0.3 is 0 Å². The van der Waals surface area contributed by atoms with Crippen LogP contribution in [0, 0.1) is 0 Å². The zero-order chi connectivity index (χ0) is 8.55. The van der Waals surface area contributed by atoms with Crippen molar-refractivity contribution in [3.63, 3.8) is 0 Å². The lowest BCUT2D eigenvalue weighted by molar-refractivity contribution is 0.119. The van der Waals surface area contributed by atoms with Gasteiger partial charge in [-0.05, 0) is 18.2 Å². The molecule has 4 heteroatoms. The highest BCUT2D eigenvalue weighted by Crippen LogP contribution is 2.30. The van der Waals surface area contributed by atoms with Crippen molar-refractivity contribution in [2.45, 2.75) is 6.23 Å². The van der Waals surface area contributed by atoms with Crippen LogP contribution < -0.4 is 10.1 Å². The zero-order valence-electron chi connectivity index (χ0n) is 6.25. The number of hydrogen-bond donors (Lipinski definition) is 2.